The van der Waals surface area contributed by atoms with Gasteiger partial charge in [0.05, 0.1) is 11.2 Å². The normalized spacial score (nSPS) is 15.9. The van der Waals surface area contributed by atoms with Gasteiger partial charge in [0.25, 0.3) is 0 Å². The fourth-order valence-electron chi connectivity index (χ4n) is 2.34. The Morgan fingerprint density at radius 2 is 1.94 bits per heavy atom. The third-order valence-corrected chi connectivity index (χ3v) is 3.27. The van der Waals surface area contributed by atoms with E-state index >= 15 is 0 Å². The number of benzene rings is 1. The third kappa shape index (κ3) is 2.07. The van der Waals surface area contributed by atoms with Crippen LogP contribution in [0.4, 0.5) is 4.39 Å². The summed E-state index contributed by atoms with van der Waals surface area (Å²) >= 11 is 0. The van der Waals surface area contributed by atoms with Crippen LogP contribution in [0, 0.1) is 5.82 Å². The minimum atomic E-state index is -0.222. The summed E-state index contributed by atoms with van der Waals surface area (Å²) in [6.45, 7) is 0. The average Bonchev–Trinajstić information content (AvgIpc) is 2.39. The summed E-state index contributed by atoms with van der Waals surface area (Å²) in [5.74, 6) is -0.222. The van der Waals surface area contributed by atoms with Gasteiger partial charge in [-0.3, -0.25) is 0 Å². The van der Waals surface area contributed by atoms with Crippen molar-refractivity contribution in [2.45, 2.75) is 25.7 Å². The third-order valence-electron chi connectivity index (χ3n) is 3.27. The maximum atomic E-state index is 13.2. The molecular weight excluding hydrogens is 213 g/mol. The molecule has 1 nitrogen and oxygen atoms in total. The molecule has 1 aliphatic rings. The Labute approximate surface area is 100.0 Å². The summed E-state index contributed by atoms with van der Waals surface area (Å²) in [7, 11) is 0. The van der Waals surface area contributed by atoms with E-state index in [1.807, 2.05) is 12.1 Å². The first-order chi connectivity index (χ1) is 8.33. The van der Waals surface area contributed by atoms with Gasteiger partial charge in [-0.15, -0.1) is 0 Å². The zero-order chi connectivity index (χ0) is 11.7. The van der Waals surface area contributed by atoms with E-state index in [9.17, 15) is 4.39 Å². The fourth-order valence-corrected chi connectivity index (χ4v) is 2.34. The number of pyridine rings is 1. The number of hydrogen-bond acceptors (Lipinski definition) is 1. The molecule has 0 saturated heterocycles. The maximum absolute atomic E-state index is 13.2. The molecule has 1 aromatic carbocycles. The van der Waals surface area contributed by atoms with Crippen molar-refractivity contribution in [1.82, 2.24) is 4.98 Å². The molecule has 86 valence electrons. The van der Waals surface area contributed by atoms with Crippen molar-refractivity contribution in [2.24, 2.45) is 0 Å². The van der Waals surface area contributed by atoms with Crippen molar-refractivity contribution in [3.63, 3.8) is 0 Å². The van der Waals surface area contributed by atoms with Crippen molar-refractivity contribution in [3.8, 4) is 0 Å². The molecule has 1 heterocycles. The SMILES string of the molecule is Fc1ccc2ccc(C3=CCCCC3)nc2c1. The monoisotopic (exact) mass is 227 g/mol. The molecule has 0 aliphatic heterocycles. The summed E-state index contributed by atoms with van der Waals surface area (Å²) in [5.41, 5.74) is 3.05. The Bertz CT molecular complexity index is 586. The number of halogens is 1. The lowest BCUT2D eigenvalue weighted by molar-refractivity contribution is 0.629. The van der Waals surface area contributed by atoms with Crippen molar-refractivity contribution in [2.75, 3.05) is 0 Å². The Hall–Kier alpha value is -1.70. The first kappa shape index (κ1) is 10.5. The van der Waals surface area contributed by atoms with E-state index < -0.39 is 0 Å². The van der Waals surface area contributed by atoms with Crippen molar-refractivity contribution < 1.29 is 4.39 Å². The lowest BCUT2D eigenvalue weighted by atomic mass is 9.96. The number of allylic oxidation sites excluding steroid dienone is 2. The van der Waals surface area contributed by atoms with Gasteiger partial charge in [-0.1, -0.05) is 12.1 Å². The summed E-state index contributed by atoms with van der Waals surface area (Å²) < 4.78 is 13.2. The molecule has 1 aliphatic carbocycles. The maximum Gasteiger partial charge on any atom is 0.125 e. The van der Waals surface area contributed by atoms with Gasteiger partial charge in [0.15, 0.2) is 0 Å². The molecule has 0 unspecified atom stereocenters. The van der Waals surface area contributed by atoms with E-state index in [1.165, 1.54) is 30.5 Å². The highest BCUT2D eigenvalue weighted by molar-refractivity contribution is 5.81. The highest BCUT2D eigenvalue weighted by Crippen LogP contribution is 2.26. The molecule has 2 heteroatoms. The van der Waals surface area contributed by atoms with Gasteiger partial charge in [-0.05, 0) is 49.5 Å². The zero-order valence-electron chi connectivity index (χ0n) is 9.62. The average molecular weight is 227 g/mol. The Kier molecular flexibility index (Phi) is 2.63. The molecule has 0 saturated carbocycles. The highest BCUT2D eigenvalue weighted by atomic mass is 19.1. The molecule has 0 atom stereocenters. The molecule has 3 rings (SSSR count). The predicted octanol–water partition coefficient (Wildman–Crippen LogP) is 4.33. The van der Waals surface area contributed by atoms with E-state index in [4.69, 9.17) is 0 Å². The largest absolute Gasteiger partial charge is 0.248 e. The number of aromatic nitrogens is 1. The summed E-state index contributed by atoms with van der Waals surface area (Å²) in [5, 5.41) is 0.992. The lowest BCUT2D eigenvalue weighted by Crippen LogP contribution is -1.95. The molecule has 0 spiro atoms. The Morgan fingerprint density at radius 3 is 2.76 bits per heavy atom. The van der Waals surface area contributed by atoms with Crippen molar-refractivity contribution in [1.29, 1.82) is 0 Å². The van der Waals surface area contributed by atoms with Crippen LogP contribution in [0.5, 0.6) is 0 Å². The smallest absolute Gasteiger partial charge is 0.125 e. The minimum absolute atomic E-state index is 0.222. The van der Waals surface area contributed by atoms with Crippen LogP contribution in [-0.2, 0) is 0 Å². The van der Waals surface area contributed by atoms with Crippen LogP contribution in [0.1, 0.15) is 31.4 Å². The van der Waals surface area contributed by atoms with Crippen LogP contribution in [0.2, 0.25) is 0 Å². The van der Waals surface area contributed by atoms with Crippen LogP contribution in [0.3, 0.4) is 0 Å². The van der Waals surface area contributed by atoms with E-state index in [0.717, 1.165) is 29.4 Å². The van der Waals surface area contributed by atoms with E-state index in [-0.39, 0.29) is 5.82 Å². The van der Waals surface area contributed by atoms with Crippen LogP contribution in [0.15, 0.2) is 36.4 Å². The molecule has 0 radical (unpaired) electrons. The molecule has 2 aromatic rings. The Balaban J connectivity index is 2.09. The summed E-state index contributed by atoms with van der Waals surface area (Å²) in [6, 6.07) is 8.81. The van der Waals surface area contributed by atoms with Gasteiger partial charge in [0.2, 0.25) is 0 Å². The van der Waals surface area contributed by atoms with Crippen molar-refractivity contribution >= 4 is 16.5 Å². The zero-order valence-corrected chi connectivity index (χ0v) is 9.62. The van der Waals surface area contributed by atoms with Crippen LogP contribution >= 0.6 is 0 Å². The van der Waals surface area contributed by atoms with Gasteiger partial charge in [-0.25, -0.2) is 9.37 Å². The molecular formula is C15H14FN. The van der Waals surface area contributed by atoms with Crippen LogP contribution in [-0.4, -0.2) is 4.98 Å². The quantitative estimate of drug-likeness (QED) is 0.706. The van der Waals surface area contributed by atoms with Gasteiger partial charge in [0, 0.05) is 11.5 Å². The molecule has 0 amide bonds. The topological polar surface area (TPSA) is 12.9 Å². The van der Waals surface area contributed by atoms with E-state index in [1.54, 1.807) is 6.07 Å². The van der Waals surface area contributed by atoms with Crippen LogP contribution in [0.25, 0.3) is 16.5 Å². The standard InChI is InChI=1S/C15H14FN/c16-13-8-6-12-7-9-14(17-15(12)10-13)11-4-2-1-3-5-11/h4,6-10H,1-3,5H2. The highest BCUT2D eigenvalue weighted by Gasteiger charge is 2.08. The molecule has 17 heavy (non-hydrogen) atoms. The van der Waals surface area contributed by atoms with E-state index in [0.29, 0.717) is 0 Å². The molecule has 0 fully saturated rings. The molecule has 0 bridgehead atoms. The number of rotatable bonds is 1. The lowest BCUT2D eigenvalue weighted by Gasteiger charge is -2.12. The number of fused-ring (bicyclic) bond motifs is 1. The van der Waals surface area contributed by atoms with Gasteiger partial charge >= 0.3 is 0 Å². The second-order valence-corrected chi connectivity index (χ2v) is 4.51. The number of hydrogen-bond donors (Lipinski definition) is 0. The number of nitrogens with zero attached hydrogens (tertiary/aromatic N) is 1. The molecule has 1 aromatic heterocycles. The van der Waals surface area contributed by atoms with Gasteiger partial charge in [-0.2, -0.15) is 0 Å². The summed E-state index contributed by atoms with van der Waals surface area (Å²) in [4.78, 5) is 4.55. The predicted molar refractivity (Wildman–Crippen MR) is 68.1 cm³/mol. The van der Waals surface area contributed by atoms with Gasteiger partial charge < -0.3 is 0 Å². The second-order valence-electron chi connectivity index (χ2n) is 4.51. The van der Waals surface area contributed by atoms with Gasteiger partial charge in [0.1, 0.15) is 5.82 Å². The summed E-state index contributed by atoms with van der Waals surface area (Å²) in [6.07, 6.45) is 6.99. The Morgan fingerprint density at radius 1 is 1.06 bits per heavy atom. The fraction of sp³-hybridized carbons (Fsp3) is 0.267. The first-order valence-corrected chi connectivity index (χ1v) is 6.09. The first-order valence-electron chi connectivity index (χ1n) is 6.09. The second kappa shape index (κ2) is 4.28. The minimum Gasteiger partial charge on any atom is -0.248 e. The van der Waals surface area contributed by atoms with Crippen molar-refractivity contribution in [3.05, 3.63) is 47.9 Å². The molecule has 0 N–H and O–H groups in total. The van der Waals surface area contributed by atoms with Crippen LogP contribution < -0.4 is 0 Å². The van der Waals surface area contributed by atoms with E-state index in [2.05, 4.69) is 11.1 Å².